The standard InChI is InChI=1S/C18H22N6/c1-14-3-6-19-17(9-14)21-10-15-4-8-23(11-15)12-16-13-24-7-2-5-20-18(24)22-16/h2-3,5-7,9,13,15H,4,8,10-12H2,1H3,(H,19,21). The zero-order valence-electron chi connectivity index (χ0n) is 13.9. The molecule has 0 aliphatic carbocycles. The number of likely N-dealkylation sites (tertiary alicyclic amines) is 1. The van der Waals surface area contributed by atoms with Crippen LogP contribution in [0, 0.1) is 12.8 Å². The summed E-state index contributed by atoms with van der Waals surface area (Å²) in [6, 6.07) is 6.04. The van der Waals surface area contributed by atoms with Gasteiger partial charge in [-0.1, -0.05) is 0 Å². The van der Waals surface area contributed by atoms with Crippen LogP contribution >= 0.6 is 0 Å². The van der Waals surface area contributed by atoms with E-state index in [1.165, 1.54) is 12.0 Å². The van der Waals surface area contributed by atoms with Gasteiger partial charge in [-0.25, -0.2) is 15.0 Å². The number of aryl methyl sites for hydroxylation is 1. The minimum Gasteiger partial charge on any atom is -0.370 e. The summed E-state index contributed by atoms with van der Waals surface area (Å²) in [7, 11) is 0. The van der Waals surface area contributed by atoms with Gasteiger partial charge in [-0.2, -0.15) is 0 Å². The van der Waals surface area contributed by atoms with Crippen molar-refractivity contribution in [3.63, 3.8) is 0 Å². The minimum absolute atomic E-state index is 0.655. The lowest BCUT2D eigenvalue weighted by molar-refractivity contribution is 0.315. The molecule has 24 heavy (non-hydrogen) atoms. The highest BCUT2D eigenvalue weighted by Gasteiger charge is 2.23. The van der Waals surface area contributed by atoms with Gasteiger partial charge >= 0.3 is 0 Å². The maximum absolute atomic E-state index is 4.59. The van der Waals surface area contributed by atoms with Gasteiger partial charge in [0, 0.05) is 44.4 Å². The predicted molar refractivity (Wildman–Crippen MR) is 93.8 cm³/mol. The summed E-state index contributed by atoms with van der Waals surface area (Å²) in [5.74, 6) is 2.40. The van der Waals surface area contributed by atoms with Gasteiger partial charge in [-0.3, -0.25) is 9.30 Å². The normalized spacial score (nSPS) is 18.3. The van der Waals surface area contributed by atoms with Crippen molar-refractivity contribution in [1.29, 1.82) is 0 Å². The molecule has 1 aliphatic rings. The van der Waals surface area contributed by atoms with Crippen LogP contribution in [0.2, 0.25) is 0 Å². The monoisotopic (exact) mass is 322 g/mol. The van der Waals surface area contributed by atoms with E-state index in [-0.39, 0.29) is 0 Å². The summed E-state index contributed by atoms with van der Waals surface area (Å²) in [6.07, 6.45) is 8.92. The Morgan fingerprint density at radius 3 is 3.12 bits per heavy atom. The zero-order chi connectivity index (χ0) is 16.4. The molecular weight excluding hydrogens is 300 g/mol. The first-order chi connectivity index (χ1) is 11.8. The van der Waals surface area contributed by atoms with E-state index in [2.05, 4.69) is 44.4 Å². The number of hydrogen-bond acceptors (Lipinski definition) is 5. The van der Waals surface area contributed by atoms with E-state index in [9.17, 15) is 0 Å². The zero-order valence-corrected chi connectivity index (χ0v) is 13.9. The van der Waals surface area contributed by atoms with Gasteiger partial charge in [-0.05, 0) is 49.6 Å². The second kappa shape index (κ2) is 6.57. The topological polar surface area (TPSA) is 58.4 Å². The molecule has 1 N–H and O–H groups in total. The molecule has 1 aliphatic heterocycles. The van der Waals surface area contributed by atoms with Gasteiger partial charge in [0.1, 0.15) is 5.82 Å². The van der Waals surface area contributed by atoms with E-state index >= 15 is 0 Å². The molecule has 4 rings (SSSR count). The van der Waals surface area contributed by atoms with E-state index in [1.54, 1.807) is 6.20 Å². The average molecular weight is 322 g/mol. The molecule has 4 heterocycles. The number of nitrogens with zero attached hydrogens (tertiary/aromatic N) is 5. The van der Waals surface area contributed by atoms with Crippen molar-refractivity contribution in [3.05, 3.63) is 54.2 Å². The van der Waals surface area contributed by atoms with Crippen LogP contribution in [0.15, 0.2) is 43.0 Å². The quantitative estimate of drug-likeness (QED) is 0.781. The number of rotatable bonds is 5. The largest absolute Gasteiger partial charge is 0.370 e. The molecule has 6 nitrogen and oxygen atoms in total. The van der Waals surface area contributed by atoms with Crippen LogP contribution < -0.4 is 5.32 Å². The molecule has 6 heteroatoms. The molecular formula is C18H22N6. The Kier molecular flexibility index (Phi) is 4.13. The first-order valence-electron chi connectivity index (χ1n) is 8.44. The molecule has 1 atom stereocenters. The molecule has 124 valence electrons. The molecule has 0 amide bonds. The maximum atomic E-state index is 4.59. The van der Waals surface area contributed by atoms with Crippen molar-refractivity contribution >= 4 is 11.6 Å². The SMILES string of the molecule is Cc1ccnc(NCC2CCN(Cc3cn4cccnc4n3)C2)c1. The van der Waals surface area contributed by atoms with Crippen LogP contribution in [-0.2, 0) is 6.54 Å². The van der Waals surface area contributed by atoms with Crippen molar-refractivity contribution < 1.29 is 0 Å². The average Bonchev–Trinajstić information content (AvgIpc) is 3.19. The third-order valence-corrected chi connectivity index (χ3v) is 4.53. The lowest BCUT2D eigenvalue weighted by Crippen LogP contribution is -2.23. The molecule has 1 fully saturated rings. The van der Waals surface area contributed by atoms with Gasteiger partial charge in [0.15, 0.2) is 0 Å². The Labute approximate surface area is 141 Å². The number of imidazole rings is 1. The summed E-state index contributed by atoms with van der Waals surface area (Å²) in [6.45, 7) is 6.17. The molecule has 0 spiro atoms. The fourth-order valence-electron chi connectivity index (χ4n) is 3.29. The number of fused-ring (bicyclic) bond motifs is 1. The maximum Gasteiger partial charge on any atom is 0.233 e. The number of anilines is 1. The predicted octanol–water partition coefficient (Wildman–Crippen LogP) is 2.37. The third-order valence-electron chi connectivity index (χ3n) is 4.53. The van der Waals surface area contributed by atoms with Gasteiger partial charge < -0.3 is 5.32 Å². The van der Waals surface area contributed by atoms with Gasteiger partial charge in [-0.15, -0.1) is 0 Å². The smallest absolute Gasteiger partial charge is 0.233 e. The highest BCUT2D eigenvalue weighted by molar-refractivity contribution is 5.37. The van der Waals surface area contributed by atoms with Crippen molar-refractivity contribution in [2.75, 3.05) is 25.0 Å². The summed E-state index contributed by atoms with van der Waals surface area (Å²) >= 11 is 0. The van der Waals surface area contributed by atoms with E-state index in [0.717, 1.165) is 43.5 Å². The second-order valence-corrected chi connectivity index (χ2v) is 6.55. The summed E-state index contributed by atoms with van der Waals surface area (Å²) < 4.78 is 1.98. The van der Waals surface area contributed by atoms with Crippen molar-refractivity contribution in [3.8, 4) is 0 Å². The molecule has 3 aromatic rings. The van der Waals surface area contributed by atoms with E-state index in [0.29, 0.717) is 5.92 Å². The molecule has 0 aromatic carbocycles. The number of aromatic nitrogens is 4. The second-order valence-electron chi connectivity index (χ2n) is 6.55. The lowest BCUT2D eigenvalue weighted by Gasteiger charge is -2.15. The fraction of sp³-hybridized carbons (Fsp3) is 0.389. The van der Waals surface area contributed by atoms with Gasteiger partial charge in [0.25, 0.3) is 0 Å². The summed E-state index contributed by atoms with van der Waals surface area (Å²) in [5.41, 5.74) is 2.32. The van der Waals surface area contributed by atoms with E-state index < -0.39 is 0 Å². The lowest BCUT2D eigenvalue weighted by atomic mass is 10.1. The molecule has 3 aromatic heterocycles. The fourth-order valence-corrected chi connectivity index (χ4v) is 3.29. The highest BCUT2D eigenvalue weighted by atomic mass is 15.2. The number of nitrogens with one attached hydrogen (secondary N) is 1. The van der Waals surface area contributed by atoms with Gasteiger partial charge in [0.05, 0.1) is 5.69 Å². The van der Waals surface area contributed by atoms with Crippen LogP contribution in [0.1, 0.15) is 17.7 Å². The Hall–Kier alpha value is -2.47. The first kappa shape index (κ1) is 15.1. The van der Waals surface area contributed by atoms with Crippen LogP contribution in [0.3, 0.4) is 0 Å². The molecule has 1 unspecified atom stereocenters. The number of hydrogen-bond donors (Lipinski definition) is 1. The summed E-state index contributed by atoms with van der Waals surface area (Å²) in [5, 5.41) is 3.47. The first-order valence-corrected chi connectivity index (χ1v) is 8.44. The Balaban J connectivity index is 1.31. The minimum atomic E-state index is 0.655. The Bertz CT molecular complexity index is 794. The van der Waals surface area contributed by atoms with Crippen LogP contribution in [0.4, 0.5) is 5.82 Å². The van der Waals surface area contributed by atoms with Crippen molar-refractivity contribution in [1.82, 2.24) is 24.3 Å². The van der Waals surface area contributed by atoms with Crippen LogP contribution in [-0.4, -0.2) is 43.9 Å². The Morgan fingerprint density at radius 1 is 1.29 bits per heavy atom. The van der Waals surface area contributed by atoms with Crippen LogP contribution in [0.25, 0.3) is 5.78 Å². The van der Waals surface area contributed by atoms with E-state index in [1.807, 2.05) is 28.9 Å². The van der Waals surface area contributed by atoms with E-state index in [4.69, 9.17) is 0 Å². The van der Waals surface area contributed by atoms with Crippen LogP contribution in [0.5, 0.6) is 0 Å². The van der Waals surface area contributed by atoms with Crippen molar-refractivity contribution in [2.24, 2.45) is 5.92 Å². The number of pyridine rings is 1. The molecule has 0 radical (unpaired) electrons. The molecule has 0 bridgehead atoms. The third kappa shape index (κ3) is 3.38. The highest BCUT2D eigenvalue weighted by Crippen LogP contribution is 2.19. The molecule has 0 saturated carbocycles. The molecule has 1 saturated heterocycles. The van der Waals surface area contributed by atoms with Crippen molar-refractivity contribution in [2.45, 2.75) is 19.9 Å². The van der Waals surface area contributed by atoms with Gasteiger partial charge in [0.2, 0.25) is 5.78 Å². The summed E-state index contributed by atoms with van der Waals surface area (Å²) in [4.78, 5) is 15.7. The Morgan fingerprint density at radius 2 is 2.25 bits per heavy atom.